The normalized spacial score (nSPS) is 21.9. The number of halogens is 2. The summed E-state index contributed by atoms with van der Waals surface area (Å²) in [5.41, 5.74) is 2.64. The molecule has 0 saturated carbocycles. The van der Waals surface area contributed by atoms with Crippen LogP contribution in [0.15, 0.2) is 12.5 Å². The topological polar surface area (TPSA) is 238 Å². The lowest BCUT2D eigenvalue weighted by molar-refractivity contribution is -0.190. The third-order valence-corrected chi connectivity index (χ3v) is 5.89. The number of carboxylic acid groups (broad SMARTS) is 3. The Balaban J connectivity index is 1.58. The third kappa shape index (κ3) is 4.52. The zero-order valence-corrected chi connectivity index (χ0v) is 19.5. The van der Waals surface area contributed by atoms with Crippen molar-refractivity contribution in [2.45, 2.75) is 36.6 Å². The van der Waals surface area contributed by atoms with Crippen LogP contribution in [0.4, 0.5) is 10.2 Å². The molecule has 1 aliphatic heterocycles. The van der Waals surface area contributed by atoms with Gasteiger partial charge in [-0.15, -0.1) is 0 Å². The number of aromatic nitrogens is 6. The van der Waals surface area contributed by atoms with E-state index < -0.39 is 67.0 Å². The molecule has 0 unspecified atom stereocenters. The molecule has 1 aliphatic rings. The van der Waals surface area contributed by atoms with E-state index in [9.17, 15) is 29.7 Å². The van der Waals surface area contributed by atoms with E-state index in [1.54, 1.807) is 0 Å². The van der Waals surface area contributed by atoms with E-state index >= 15 is 4.39 Å². The van der Waals surface area contributed by atoms with Crippen molar-refractivity contribution in [3.05, 3.63) is 29.3 Å². The summed E-state index contributed by atoms with van der Waals surface area (Å²) in [4.78, 5) is 50.6. The number of carbonyl (C=O) groups is 3. The predicted molar refractivity (Wildman–Crippen MR) is 117 cm³/mol. The van der Waals surface area contributed by atoms with Gasteiger partial charge in [0.1, 0.15) is 17.7 Å². The number of hydrogen-bond donors (Lipinski definition) is 5. The number of alkyl halides is 1. The molecule has 18 heteroatoms. The minimum Gasteiger partial charge on any atom is -0.479 e. The van der Waals surface area contributed by atoms with Crippen molar-refractivity contribution in [3.8, 4) is 0 Å². The number of nitrogens with two attached hydrogens (primary N) is 1. The van der Waals surface area contributed by atoms with E-state index in [1.165, 1.54) is 7.05 Å². The van der Waals surface area contributed by atoms with Gasteiger partial charge in [-0.1, -0.05) is 0 Å². The molecule has 4 rings (SSSR count). The number of carboxylic acids is 3. The number of nitrogens with zero attached hydrogens (tertiary/aromatic N) is 6. The van der Waals surface area contributed by atoms with Crippen LogP contribution >= 0.6 is 11.6 Å². The van der Waals surface area contributed by atoms with E-state index in [4.69, 9.17) is 31.9 Å². The average Bonchev–Trinajstić information content (AvgIpc) is 3.47. The second kappa shape index (κ2) is 9.51. The first-order valence-corrected chi connectivity index (χ1v) is 10.7. The van der Waals surface area contributed by atoms with Gasteiger partial charge in [0.2, 0.25) is 11.1 Å². The molecule has 0 aromatic carbocycles. The lowest BCUT2D eigenvalue weighted by Crippen LogP contribution is -2.53. The first-order valence-electron chi connectivity index (χ1n) is 10.3. The van der Waals surface area contributed by atoms with Crippen LogP contribution in [-0.2, 0) is 32.5 Å². The summed E-state index contributed by atoms with van der Waals surface area (Å²) in [6.07, 6.45) is -5.65. The van der Waals surface area contributed by atoms with E-state index in [-0.39, 0.29) is 28.0 Å². The van der Waals surface area contributed by atoms with Crippen molar-refractivity contribution < 1.29 is 48.7 Å². The Morgan fingerprint density at radius 1 is 1.24 bits per heavy atom. The third-order valence-electron chi connectivity index (χ3n) is 5.72. The Kier molecular flexibility index (Phi) is 6.72. The molecule has 0 spiro atoms. The molecular weight excluding hydrogens is 525 g/mol. The number of imidazole rings is 2. The molecule has 198 valence electrons. The fraction of sp³-hybridized carbons (Fsp3) is 0.421. The summed E-state index contributed by atoms with van der Waals surface area (Å²) in [6, 6.07) is 0. The fourth-order valence-corrected chi connectivity index (χ4v) is 4.04. The van der Waals surface area contributed by atoms with E-state index in [0.29, 0.717) is 0 Å². The monoisotopic (exact) mass is 543 g/mol. The van der Waals surface area contributed by atoms with Gasteiger partial charge in [0, 0.05) is 19.7 Å². The number of aryl methyl sites for hydroxylation is 1. The number of aliphatic carboxylic acids is 2. The number of fused-ring (bicyclic) bond motifs is 1. The zero-order valence-electron chi connectivity index (χ0n) is 18.7. The largest absolute Gasteiger partial charge is 0.479 e. The molecule has 3 aromatic heterocycles. The molecule has 0 aliphatic carbocycles. The Morgan fingerprint density at radius 2 is 1.92 bits per heavy atom. The summed E-state index contributed by atoms with van der Waals surface area (Å²) in [6.45, 7) is -0.875. The number of hydrogen-bond acceptors (Lipinski definition) is 11. The second-order valence-electron chi connectivity index (χ2n) is 8.10. The molecular formula is C19H19ClFN7O9. The summed E-state index contributed by atoms with van der Waals surface area (Å²) in [5.74, 6) is -5.85. The van der Waals surface area contributed by atoms with Gasteiger partial charge in [0.05, 0.1) is 18.6 Å². The van der Waals surface area contributed by atoms with Gasteiger partial charge in [-0.05, 0) is 11.6 Å². The molecule has 4 atom stereocenters. The number of aliphatic hydroxyl groups is 1. The minimum atomic E-state index is -2.96. The average molecular weight is 544 g/mol. The smallest absolute Gasteiger partial charge is 0.372 e. The number of anilines is 1. The maximum atomic E-state index is 15.0. The first-order chi connectivity index (χ1) is 17.4. The van der Waals surface area contributed by atoms with Gasteiger partial charge in [-0.2, -0.15) is 9.97 Å². The van der Waals surface area contributed by atoms with Gasteiger partial charge in [0.25, 0.3) is 5.60 Å². The van der Waals surface area contributed by atoms with E-state index in [1.807, 2.05) is 0 Å². The van der Waals surface area contributed by atoms with Crippen molar-refractivity contribution in [2.24, 2.45) is 7.05 Å². The highest BCUT2D eigenvalue weighted by Crippen LogP contribution is 2.35. The molecule has 16 nitrogen and oxygen atoms in total. The highest BCUT2D eigenvalue weighted by molar-refractivity contribution is 6.28. The molecule has 3 aromatic rings. The van der Waals surface area contributed by atoms with Crippen LogP contribution in [0, 0.1) is 0 Å². The van der Waals surface area contributed by atoms with Gasteiger partial charge < -0.3 is 40.2 Å². The van der Waals surface area contributed by atoms with Gasteiger partial charge in [-0.3, -0.25) is 4.57 Å². The predicted octanol–water partition coefficient (Wildman–Crippen LogP) is -0.743. The molecule has 37 heavy (non-hydrogen) atoms. The van der Waals surface area contributed by atoms with Crippen molar-refractivity contribution in [2.75, 3.05) is 12.3 Å². The second-order valence-corrected chi connectivity index (χ2v) is 8.44. The van der Waals surface area contributed by atoms with Crippen LogP contribution in [0.2, 0.25) is 5.28 Å². The Labute approximate surface area is 210 Å². The molecule has 6 N–H and O–H groups in total. The molecule has 1 saturated heterocycles. The van der Waals surface area contributed by atoms with Gasteiger partial charge in [0.15, 0.2) is 23.9 Å². The van der Waals surface area contributed by atoms with Crippen LogP contribution in [0.3, 0.4) is 0 Å². The van der Waals surface area contributed by atoms with Crippen molar-refractivity contribution >= 4 is 46.5 Å². The Hall–Kier alpha value is -3.93. The molecule has 4 heterocycles. The summed E-state index contributed by atoms with van der Waals surface area (Å²) < 4.78 is 27.9. The molecule has 0 amide bonds. The summed E-state index contributed by atoms with van der Waals surface area (Å²) in [5, 5.41) is 38.7. The number of ether oxygens (including phenoxy) is 2. The van der Waals surface area contributed by atoms with E-state index in [2.05, 4.69) is 19.9 Å². The minimum absolute atomic E-state index is 0.00581. The maximum absolute atomic E-state index is 15.0. The molecule has 0 radical (unpaired) electrons. The van der Waals surface area contributed by atoms with Gasteiger partial charge >= 0.3 is 17.9 Å². The lowest BCUT2D eigenvalue weighted by Gasteiger charge is -2.26. The van der Waals surface area contributed by atoms with Crippen molar-refractivity contribution in [1.82, 2.24) is 29.1 Å². The Bertz CT molecular complexity index is 1380. The van der Waals surface area contributed by atoms with Crippen molar-refractivity contribution in [3.63, 3.8) is 0 Å². The lowest BCUT2D eigenvalue weighted by atomic mass is 9.97. The van der Waals surface area contributed by atoms with Gasteiger partial charge in [-0.25, -0.2) is 28.7 Å². The van der Waals surface area contributed by atoms with Crippen molar-refractivity contribution in [1.29, 1.82) is 0 Å². The van der Waals surface area contributed by atoms with Crippen LogP contribution in [-0.4, -0.2) is 98.0 Å². The highest BCUT2D eigenvalue weighted by atomic mass is 35.5. The van der Waals surface area contributed by atoms with Crippen LogP contribution in [0.1, 0.15) is 22.5 Å². The highest BCUT2D eigenvalue weighted by Gasteiger charge is 2.52. The molecule has 0 bridgehead atoms. The quantitative estimate of drug-likeness (QED) is 0.165. The molecule has 1 fully saturated rings. The SMILES string of the molecule is Cn1cc(CC(OC[C@H]2O[C@@H](n3cnc4c(N)nc(Cl)nc43)[C@@H](F)[C@@H]2O)(C(=O)O)C(=O)O)nc1C(=O)O. The number of rotatable bonds is 9. The summed E-state index contributed by atoms with van der Waals surface area (Å²) >= 11 is 5.81. The first kappa shape index (κ1) is 26.1. The number of nitrogen functional groups attached to an aromatic ring is 1. The van der Waals surface area contributed by atoms with Crippen LogP contribution < -0.4 is 5.73 Å². The van der Waals surface area contributed by atoms with E-state index in [0.717, 1.165) is 21.7 Å². The van der Waals surface area contributed by atoms with Crippen LogP contribution in [0.25, 0.3) is 11.2 Å². The fourth-order valence-electron chi connectivity index (χ4n) is 3.87. The number of aromatic carboxylic acids is 1. The van der Waals surface area contributed by atoms with Crippen LogP contribution in [0.5, 0.6) is 0 Å². The summed E-state index contributed by atoms with van der Waals surface area (Å²) in [7, 11) is 1.32. The maximum Gasteiger partial charge on any atom is 0.372 e. The Morgan fingerprint density at radius 3 is 2.51 bits per heavy atom. The number of aliphatic hydroxyl groups excluding tert-OH is 1. The zero-order chi connectivity index (χ0) is 27.2. The standard InChI is InChI=1S/C19H19ClFN7O9/c1-27-3-6(24-13(27)15(30)31)2-19(16(32)33,17(34)35)36-4-7-10(29)8(21)14(37-7)28-5-23-9-11(22)25-18(20)26-12(9)28/h3,5,7-8,10,14,29H,2,4H2,1H3,(H,30,31)(H,32,33)(H,34,35)(H2,22,25,26)/t7-,8+,10-,14-/m1/s1.